The third-order valence-electron chi connectivity index (χ3n) is 3.46. The van der Waals surface area contributed by atoms with Gasteiger partial charge in [0.05, 0.1) is 0 Å². The fraction of sp³-hybridized carbons (Fsp3) is 0.571. The Balaban J connectivity index is 2.47. The number of hydrogen-bond acceptors (Lipinski definition) is 3. The van der Waals surface area contributed by atoms with Gasteiger partial charge in [0.25, 0.3) is 0 Å². The van der Waals surface area contributed by atoms with E-state index in [-0.39, 0.29) is 0 Å². The van der Waals surface area contributed by atoms with Crippen LogP contribution in [0.25, 0.3) is 11.2 Å². The number of fused-ring (bicyclic) bond motifs is 1. The van der Waals surface area contributed by atoms with Crippen LogP contribution in [-0.4, -0.2) is 45.5 Å². The van der Waals surface area contributed by atoms with E-state index in [4.69, 9.17) is 11.6 Å². The molecule has 1 atom stereocenters. The van der Waals surface area contributed by atoms with Gasteiger partial charge in [0.2, 0.25) is 0 Å². The summed E-state index contributed by atoms with van der Waals surface area (Å²) >= 11 is 5.88. The van der Waals surface area contributed by atoms with Crippen molar-refractivity contribution in [3.63, 3.8) is 0 Å². The summed E-state index contributed by atoms with van der Waals surface area (Å²) in [5, 5.41) is 0. The van der Waals surface area contributed by atoms with Crippen molar-refractivity contribution in [1.82, 2.24) is 19.4 Å². The normalized spacial score (nSPS) is 13.4. The van der Waals surface area contributed by atoms with Gasteiger partial charge in [-0.2, -0.15) is 0 Å². The highest BCUT2D eigenvalue weighted by Crippen LogP contribution is 2.17. The maximum Gasteiger partial charge on any atom is 0.160 e. The number of aromatic nitrogens is 3. The Morgan fingerprint density at radius 3 is 2.68 bits per heavy atom. The Hall–Kier alpha value is -1.13. The van der Waals surface area contributed by atoms with Gasteiger partial charge in [-0.15, -0.1) is 11.6 Å². The average Bonchev–Trinajstić information content (AvgIpc) is 2.68. The number of halogens is 1. The average molecular weight is 281 g/mol. The Labute approximate surface area is 119 Å². The minimum absolute atomic E-state index is 0.425. The van der Waals surface area contributed by atoms with Crippen molar-refractivity contribution in [2.45, 2.75) is 32.9 Å². The van der Waals surface area contributed by atoms with Crippen molar-refractivity contribution in [2.24, 2.45) is 0 Å². The smallest absolute Gasteiger partial charge is 0.160 e. The van der Waals surface area contributed by atoms with Gasteiger partial charge in [0, 0.05) is 30.6 Å². The Morgan fingerprint density at radius 2 is 2.05 bits per heavy atom. The Kier molecular flexibility index (Phi) is 4.42. The van der Waals surface area contributed by atoms with Gasteiger partial charge in [0.1, 0.15) is 11.3 Å². The highest BCUT2D eigenvalue weighted by Gasteiger charge is 2.15. The summed E-state index contributed by atoms with van der Waals surface area (Å²) in [4.78, 5) is 11.5. The first-order valence-electron chi connectivity index (χ1n) is 6.58. The number of imidazole rings is 1. The molecule has 0 N–H and O–H groups in total. The maximum absolute atomic E-state index is 5.88. The Bertz CT molecular complexity index is 562. The van der Waals surface area contributed by atoms with E-state index in [9.17, 15) is 0 Å². The van der Waals surface area contributed by atoms with Gasteiger partial charge in [0.15, 0.2) is 5.65 Å². The molecule has 0 saturated carbocycles. The van der Waals surface area contributed by atoms with E-state index < -0.39 is 0 Å². The number of hydrogen-bond donors (Lipinski definition) is 0. The van der Waals surface area contributed by atoms with Crippen LogP contribution in [0.5, 0.6) is 0 Å². The lowest BCUT2D eigenvalue weighted by Crippen LogP contribution is -2.30. The molecule has 0 aromatic carbocycles. The van der Waals surface area contributed by atoms with Crippen LogP contribution in [-0.2, 0) is 13.0 Å². The molecule has 2 rings (SSSR count). The molecule has 0 radical (unpaired) electrons. The van der Waals surface area contributed by atoms with E-state index in [0.717, 1.165) is 35.6 Å². The van der Waals surface area contributed by atoms with Crippen LogP contribution in [0.4, 0.5) is 0 Å². The molecule has 0 aliphatic heterocycles. The van der Waals surface area contributed by atoms with E-state index in [1.54, 1.807) is 0 Å². The summed E-state index contributed by atoms with van der Waals surface area (Å²) < 4.78 is 2.20. The quantitative estimate of drug-likeness (QED) is 0.789. The molecule has 0 aliphatic carbocycles. The lowest BCUT2D eigenvalue weighted by molar-refractivity contribution is 0.283. The number of pyridine rings is 1. The molecule has 19 heavy (non-hydrogen) atoms. The van der Waals surface area contributed by atoms with Gasteiger partial charge < -0.3 is 9.47 Å². The van der Waals surface area contributed by atoms with Gasteiger partial charge in [-0.05, 0) is 40.1 Å². The number of likely N-dealkylation sites (N-methyl/N-ethyl adjacent to an activating group) is 1. The van der Waals surface area contributed by atoms with Crippen LogP contribution in [0.2, 0.25) is 0 Å². The van der Waals surface area contributed by atoms with Crippen molar-refractivity contribution in [1.29, 1.82) is 0 Å². The minimum Gasteiger partial charge on any atom is -0.311 e. The van der Waals surface area contributed by atoms with Gasteiger partial charge >= 0.3 is 0 Å². The molecule has 0 amide bonds. The topological polar surface area (TPSA) is 34.0 Å². The largest absolute Gasteiger partial charge is 0.311 e. The first-order chi connectivity index (χ1) is 9.02. The molecular formula is C14H21ClN4. The van der Waals surface area contributed by atoms with Crippen LogP contribution in [0, 0.1) is 6.92 Å². The predicted octanol–water partition coefficient (Wildman–Crippen LogP) is 2.47. The summed E-state index contributed by atoms with van der Waals surface area (Å²) in [5.41, 5.74) is 2.94. The van der Waals surface area contributed by atoms with E-state index in [0.29, 0.717) is 11.9 Å². The third-order valence-corrected chi connectivity index (χ3v) is 3.65. The van der Waals surface area contributed by atoms with Gasteiger partial charge in [-0.1, -0.05) is 0 Å². The number of alkyl halides is 1. The van der Waals surface area contributed by atoms with Crippen molar-refractivity contribution >= 4 is 22.8 Å². The molecule has 2 aromatic heterocycles. The Morgan fingerprint density at radius 1 is 1.32 bits per heavy atom. The zero-order chi connectivity index (χ0) is 14.0. The lowest BCUT2D eigenvalue weighted by atomic mass is 10.3. The second kappa shape index (κ2) is 5.88. The summed E-state index contributed by atoms with van der Waals surface area (Å²) in [6.45, 7) is 5.09. The zero-order valence-electron chi connectivity index (χ0n) is 12.0. The monoisotopic (exact) mass is 280 g/mol. The van der Waals surface area contributed by atoms with Crippen LogP contribution in [0.1, 0.15) is 18.4 Å². The molecule has 5 heteroatoms. The molecule has 4 nitrogen and oxygen atoms in total. The molecule has 0 fully saturated rings. The molecule has 0 bridgehead atoms. The maximum atomic E-state index is 5.88. The number of nitrogens with zero attached hydrogens (tertiary/aromatic N) is 4. The highest BCUT2D eigenvalue weighted by atomic mass is 35.5. The molecule has 2 aromatic rings. The van der Waals surface area contributed by atoms with Crippen molar-refractivity contribution in [3.8, 4) is 0 Å². The summed E-state index contributed by atoms with van der Waals surface area (Å²) in [5.74, 6) is 1.61. The van der Waals surface area contributed by atoms with E-state index in [1.807, 2.05) is 19.1 Å². The third kappa shape index (κ3) is 3.07. The molecule has 0 aliphatic rings. The number of aryl methyl sites for hydroxylation is 2. The molecular weight excluding hydrogens is 260 g/mol. The molecule has 0 spiro atoms. The molecule has 104 valence electrons. The fourth-order valence-corrected chi connectivity index (χ4v) is 2.21. The fourth-order valence-electron chi connectivity index (χ4n) is 2.04. The van der Waals surface area contributed by atoms with Crippen LogP contribution < -0.4 is 0 Å². The minimum atomic E-state index is 0.425. The van der Waals surface area contributed by atoms with Crippen LogP contribution >= 0.6 is 11.6 Å². The first-order valence-corrected chi connectivity index (χ1v) is 7.11. The predicted molar refractivity (Wildman–Crippen MR) is 79.8 cm³/mol. The van der Waals surface area contributed by atoms with Crippen molar-refractivity contribution in [3.05, 3.63) is 23.7 Å². The van der Waals surface area contributed by atoms with Crippen molar-refractivity contribution in [2.75, 3.05) is 20.0 Å². The molecule has 0 saturated heterocycles. The van der Waals surface area contributed by atoms with E-state index >= 15 is 0 Å². The standard InChI is InChI=1S/C14H21ClN4/c1-10-5-6-12-14(16-10)19(9-11(2)18(3)4)13(17-12)7-8-15/h5-6,11H,7-9H2,1-4H3. The highest BCUT2D eigenvalue weighted by molar-refractivity contribution is 6.17. The van der Waals surface area contributed by atoms with Crippen molar-refractivity contribution < 1.29 is 0 Å². The summed E-state index contributed by atoms with van der Waals surface area (Å²) in [6, 6.07) is 4.46. The van der Waals surface area contributed by atoms with E-state index in [1.165, 1.54) is 0 Å². The van der Waals surface area contributed by atoms with Gasteiger partial charge in [-0.25, -0.2) is 9.97 Å². The second-order valence-electron chi connectivity index (χ2n) is 5.19. The molecule has 2 heterocycles. The lowest BCUT2D eigenvalue weighted by Gasteiger charge is -2.21. The zero-order valence-corrected chi connectivity index (χ0v) is 12.8. The second-order valence-corrected chi connectivity index (χ2v) is 5.56. The van der Waals surface area contributed by atoms with Crippen LogP contribution in [0.3, 0.4) is 0 Å². The SMILES string of the molecule is Cc1ccc2nc(CCCl)n(CC(C)N(C)C)c2n1. The summed E-state index contributed by atoms with van der Waals surface area (Å²) in [7, 11) is 4.17. The van der Waals surface area contributed by atoms with Crippen LogP contribution in [0.15, 0.2) is 12.1 Å². The van der Waals surface area contributed by atoms with Gasteiger partial charge in [-0.3, -0.25) is 0 Å². The first kappa shape index (κ1) is 14.3. The summed E-state index contributed by atoms with van der Waals surface area (Å²) in [6.07, 6.45) is 0.775. The molecule has 1 unspecified atom stereocenters. The number of rotatable bonds is 5. The van der Waals surface area contributed by atoms with E-state index in [2.05, 4.69) is 40.5 Å².